The van der Waals surface area contributed by atoms with E-state index < -0.39 is 5.97 Å². The Morgan fingerprint density at radius 3 is 2.21 bits per heavy atom. The van der Waals surface area contributed by atoms with Crippen molar-refractivity contribution in [3.05, 3.63) is 71.0 Å². The molecule has 0 aliphatic heterocycles. The topological polar surface area (TPSA) is 75.0 Å². The summed E-state index contributed by atoms with van der Waals surface area (Å²) in [7, 11) is 3.12. The van der Waals surface area contributed by atoms with Gasteiger partial charge in [-0.05, 0) is 49.2 Å². The molecule has 29 heavy (non-hydrogen) atoms. The Morgan fingerprint density at radius 1 is 0.931 bits per heavy atom. The van der Waals surface area contributed by atoms with E-state index in [9.17, 15) is 9.59 Å². The van der Waals surface area contributed by atoms with Crippen LogP contribution < -0.4 is 9.47 Å². The fraction of sp³-hybridized carbons (Fsp3) is 0.217. The van der Waals surface area contributed by atoms with E-state index in [4.69, 9.17) is 18.6 Å². The van der Waals surface area contributed by atoms with Crippen molar-refractivity contribution in [1.29, 1.82) is 0 Å². The number of rotatable bonds is 7. The highest BCUT2D eigenvalue weighted by Gasteiger charge is 2.16. The van der Waals surface area contributed by atoms with E-state index in [1.807, 2.05) is 13.0 Å². The molecule has 6 nitrogen and oxygen atoms in total. The van der Waals surface area contributed by atoms with Crippen LogP contribution in [0.3, 0.4) is 0 Å². The molecule has 1 aromatic heterocycles. The van der Waals surface area contributed by atoms with Crippen LogP contribution in [0.5, 0.6) is 11.5 Å². The van der Waals surface area contributed by atoms with E-state index in [1.54, 1.807) is 56.7 Å². The molecular formula is C23H22O6. The Morgan fingerprint density at radius 2 is 1.59 bits per heavy atom. The molecule has 0 unspecified atom stereocenters. The number of hydrogen-bond acceptors (Lipinski definition) is 6. The minimum Gasteiger partial charge on any atom is -0.493 e. The minimum atomic E-state index is -0.564. The van der Waals surface area contributed by atoms with E-state index in [1.165, 1.54) is 6.92 Å². The summed E-state index contributed by atoms with van der Waals surface area (Å²) in [5.74, 6) is 1.24. The highest BCUT2D eigenvalue weighted by molar-refractivity contribution is 5.94. The molecule has 1 heterocycles. The first-order chi connectivity index (χ1) is 13.9. The third kappa shape index (κ3) is 4.48. The standard InChI is InChI=1S/C23H22O6/c1-14-11-21(26-3)22(27-4)12-18(14)13-28-23(25)20-10-9-19(29-20)17-7-5-16(6-8-17)15(2)24/h5-12H,13H2,1-4H3. The largest absolute Gasteiger partial charge is 0.493 e. The molecule has 0 aliphatic carbocycles. The predicted octanol–water partition coefficient (Wildman–Crippen LogP) is 4.83. The Kier molecular flexibility index (Phi) is 6.02. The van der Waals surface area contributed by atoms with Gasteiger partial charge in [0.1, 0.15) is 12.4 Å². The van der Waals surface area contributed by atoms with Crippen molar-refractivity contribution < 1.29 is 28.2 Å². The van der Waals surface area contributed by atoms with E-state index in [0.717, 1.165) is 16.7 Å². The molecule has 0 spiro atoms. The number of methoxy groups -OCH3 is 2. The maximum absolute atomic E-state index is 12.4. The third-order valence-corrected chi connectivity index (χ3v) is 4.58. The molecule has 0 N–H and O–H groups in total. The van der Waals surface area contributed by atoms with Gasteiger partial charge in [-0.25, -0.2) is 4.79 Å². The van der Waals surface area contributed by atoms with Crippen molar-refractivity contribution in [3.8, 4) is 22.8 Å². The summed E-state index contributed by atoms with van der Waals surface area (Å²) >= 11 is 0. The normalized spacial score (nSPS) is 10.5. The summed E-state index contributed by atoms with van der Waals surface area (Å²) in [4.78, 5) is 23.8. The van der Waals surface area contributed by atoms with Gasteiger partial charge < -0.3 is 18.6 Å². The molecule has 0 saturated carbocycles. The molecule has 0 bridgehead atoms. The molecule has 0 fully saturated rings. The van der Waals surface area contributed by atoms with Crippen molar-refractivity contribution >= 4 is 11.8 Å². The van der Waals surface area contributed by atoms with Crippen molar-refractivity contribution in [1.82, 2.24) is 0 Å². The number of hydrogen-bond donors (Lipinski definition) is 0. The highest BCUT2D eigenvalue weighted by atomic mass is 16.5. The summed E-state index contributed by atoms with van der Waals surface area (Å²) < 4.78 is 21.6. The van der Waals surface area contributed by atoms with Gasteiger partial charge in [0.25, 0.3) is 0 Å². The Labute approximate surface area is 169 Å². The summed E-state index contributed by atoms with van der Waals surface area (Å²) in [5, 5.41) is 0. The first-order valence-corrected chi connectivity index (χ1v) is 9.02. The lowest BCUT2D eigenvalue weighted by molar-refractivity contribution is 0.0436. The number of esters is 1. The Bertz CT molecular complexity index is 1030. The van der Waals surface area contributed by atoms with Crippen LogP contribution >= 0.6 is 0 Å². The molecule has 3 aromatic rings. The maximum Gasteiger partial charge on any atom is 0.374 e. The second-order valence-corrected chi connectivity index (χ2v) is 6.51. The number of carbonyl (C=O) groups is 2. The summed E-state index contributed by atoms with van der Waals surface area (Å²) in [5.41, 5.74) is 3.11. The molecule has 6 heteroatoms. The maximum atomic E-state index is 12.4. The lowest BCUT2D eigenvalue weighted by Crippen LogP contribution is -2.05. The monoisotopic (exact) mass is 394 g/mol. The third-order valence-electron chi connectivity index (χ3n) is 4.58. The molecule has 0 saturated heterocycles. The lowest BCUT2D eigenvalue weighted by Gasteiger charge is -2.12. The summed E-state index contributed by atoms with van der Waals surface area (Å²) in [6, 6.07) is 13.9. The van der Waals surface area contributed by atoms with Gasteiger partial charge in [-0.15, -0.1) is 0 Å². The number of ketones is 1. The number of Topliss-reactive ketones (excluding diaryl/α,β-unsaturated/α-hetero) is 1. The zero-order valence-electron chi connectivity index (χ0n) is 16.8. The number of furan rings is 1. The van der Waals surface area contributed by atoms with Crippen LogP contribution in [0.2, 0.25) is 0 Å². The van der Waals surface area contributed by atoms with Gasteiger partial charge in [-0.2, -0.15) is 0 Å². The van der Waals surface area contributed by atoms with Crippen molar-refractivity contribution in [2.24, 2.45) is 0 Å². The quantitative estimate of drug-likeness (QED) is 0.422. The van der Waals surface area contributed by atoms with Crippen LogP contribution in [-0.2, 0) is 11.3 Å². The van der Waals surface area contributed by atoms with E-state index in [2.05, 4.69) is 0 Å². The zero-order chi connectivity index (χ0) is 21.0. The highest BCUT2D eigenvalue weighted by Crippen LogP contribution is 2.31. The average Bonchev–Trinajstić information content (AvgIpc) is 3.22. The van der Waals surface area contributed by atoms with Gasteiger partial charge in [0.05, 0.1) is 14.2 Å². The van der Waals surface area contributed by atoms with Crippen LogP contribution in [0.15, 0.2) is 52.9 Å². The smallest absolute Gasteiger partial charge is 0.374 e. The fourth-order valence-corrected chi connectivity index (χ4v) is 2.86. The average molecular weight is 394 g/mol. The molecule has 0 aliphatic rings. The number of benzene rings is 2. The Balaban J connectivity index is 1.70. The molecule has 3 rings (SSSR count). The van der Waals surface area contributed by atoms with Crippen molar-refractivity contribution in [2.75, 3.05) is 14.2 Å². The van der Waals surface area contributed by atoms with Gasteiger partial charge in [0.15, 0.2) is 17.3 Å². The molecular weight excluding hydrogens is 372 g/mol. The van der Waals surface area contributed by atoms with Gasteiger partial charge in [-0.3, -0.25) is 4.79 Å². The van der Waals surface area contributed by atoms with Crippen LogP contribution in [0.4, 0.5) is 0 Å². The molecule has 0 amide bonds. The summed E-state index contributed by atoms with van der Waals surface area (Å²) in [6.45, 7) is 3.49. The van der Waals surface area contributed by atoms with Crippen LogP contribution in [0, 0.1) is 6.92 Å². The van der Waals surface area contributed by atoms with Crippen LogP contribution in [0.1, 0.15) is 39.0 Å². The summed E-state index contributed by atoms with van der Waals surface area (Å²) in [6.07, 6.45) is 0. The van der Waals surface area contributed by atoms with E-state index in [-0.39, 0.29) is 18.2 Å². The van der Waals surface area contributed by atoms with E-state index in [0.29, 0.717) is 22.8 Å². The second-order valence-electron chi connectivity index (χ2n) is 6.51. The first kappa shape index (κ1) is 20.2. The van der Waals surface area contributed by atoms with E-state index >= 15 is 0 Å². The fourth-order valence-electron chi connectivity index (χ4n) is 2.86. The molecule has 150 valence electrons. The van der Waals surface area contributed by atoms with Crippen molar-refractivity contribution in [2.45, 2.75) is 20.5 Å². The number of aryl methyl sites for hydroxylation is 1. The zero-order valence-corrected chi connectivity index (χ0v) is 16.8. The second kappa shape index (κ2) is 8.65. The van der Waals surface area contributed by atoms with Crippen LogP contribution in [0.25, 0.3) is 11.3 Å². The first-order valence-electron chi connectivity index (χ1n) is 9.02. The van der Waals surface area contributed by atoms with Gasteiger partial charge >= 0.3 is 5.97 Å². The Hall–Kier alpha value is -3.54. The number of carbonyl (C=O) groups excluding carboxylic acids is 2. The SMILES string of the molecule is COc1cc(C)c(COC(=O)c2ccc(-c3ccc(C(C)=O)cc3)o2)cc1OC. The van der Waals surface area contributed by atoms with Gasteiger partial charge in [-0.1, -0.05) is 24.3 Å². The van der Waals surface area contributed by atoms with Gasteiger partial charge in [0.2, 0.25) is 5.76 Å². The molecule has 2 aromatic carbocycles. The van der Waals surface area contributed by atoms with Crippen LogP contribution in [-0.4, -0.2) is 26.0 Å². The number of ether oxygens (including phenoxy) is 3. The van der Waals surface area contributed by atoms with Gasteiger partial charge in [0, 0.05) is 11.1 Å². The molecule has 0 atom stereocenters. The molecule has 0 radical (unpaired) electrons. The van der Waals surface area contributed by atoms with Crippen molar-refractivity contribution in [3.63, 3.8) is 0 Å². The lowest BCUT2D eigenvalue weighted by atomic mass is 10.1. The predicted molar refractivity (Wildman–Crippen MR) is 108 cm³/mol. The minimum absolute atomic E-state index is 0.00859.